The normalized spacial score (nSPS) is 16.4. The molecule has 1 fully saturated rings. The number of aromatic nitrogens is 4. The lowest BCUT2D eigenvalue weighted by Gasteiger charge is -2.23. The van der Waals surface area contributed by atoms with Gasteiger partial charge in [0.15, 0.2) is 5.76 Å². The predicted molar refractivity (Wildman–Crippen MR) is 106 cm³/mol. The second-order valence-corrected chi connectivity index (χ2v) is 7.48. The Morgan fingerprint density at radius 3 is 2.72 bits per heavy atom. The van der Waals surface area contributed by atoms with Gasteiger partial charge in [0.05, 0.1) is 35.9 Å². The molecule has 1 aliphatic rings. The first-order valence-electron chi connectivity index (χ1n) is 9.66. The maximum Gasteiger partial charge on any atom is 0.264 e. The van der Waals surface area contributed by atoms with Crippen LogP contribution in [-0.4, -0.2) is 37.0 Å². The summed E-state index contributed by atoms with van der Waals surface area (Å²) in [7, 11) is 0. The monoisotopic (exact) mass is 393 g/mol. The number of amides is 1. The summed E-state index contributed by atoms with van der Waals surface area (Å²) in [6, 6.07) is 3.45. The van der Waals surface area contributed by atoms with Crippen molar-refractivity contribution in [3.63, 3.8) is 0 Å². The fourth-order valence-electron chi connectivity index (χ4n) is 3.71. The molecule has 1 aliphatic heterocycles. The minimum absolute atomic E-state index is 0.190. The Morgan fingerprint density at radius 2 is 2.03 bits per heavy atom. The molecule has 0 aliphatic carbocycles. The van der Waals surface area contributed by atoms with E-state index in [0.717, 1.165) is 24.2 Å². The van der Waals surface area contributed by atoms with Crippen LogP contribution in [0.25, 0.3) is 0 Å². The van der Waals surface area contributed by atoms with Gasteiger partial charge in [-0.1, -0.05) is 5.16 Å². The van der Waals surface area contributed by atoms with Gasteiger partial charge >= 0.3 is 0 Å². The highest BCUT2D eigenvalue weighted by Crippen LogP contribution is 2.33. The maximum absolute atomic E-state index is 13.4. The Morgan fingerprint density at radius 1 is 1.21 bits per heavy atom. The van der Waals surface area contributed by atoms with Crippen LogP contribution >= 0.6 is 0 Å². The molecule has 0 spiro atoms. The SMILES string of the molecule is Cc1cnc(Cn2ccc(C)c(C(=O)N3CCCC3c3cc(C)no3)c2=O)cn1. The van der Waals surface area contributed by atoms with Crippen molar-refractivity contribution in [2.75, 3.05) is 6.54 Å². The van der Waals surface area contributed by atoms with Crippen molar-refractivity contribution >= 4 is 5.91 Å². The Kier molecular flexibility index (Phi) is 5.00. The molecule has 1 saturated heterocycles. The molecule has 0 radical (unpaired) electrons. The number of hydrogen-bond donors (Lipinski definition) is 0. The molecular formula is C21H23N5O3. The van der Waals surface area contributed by atoms with Crippen LogP contribution < -0.4 is 5.56 Å². The van der Waals surface area contributed by atoms with E-state index in [0.29, 0.717) is 23.6 Å². The van der Waals surface area contributed by atoms with E-state index in [1.807, 2.05) is 19.9 Å². The molecule has 8 heteroatoms. The van der Waals surface area contributed by atoms with Crippen LogP contribution in [0.5, 0.6) is 0 Å². The van der Waals surface area contributed by atoms with Crippen LogP contribution in [0, 0.1) is 20.8 Å². The van der Waals surface area contributed by atoms with Crippen LogP contribution in [-0.2, 0) is 6.54 Å². The van der Waals surface area contributed by atoms with Gasteiger partial charge in [0, 0.05) is 25.0 Å². The predicted octanol–water partition coefficient (Wildman–Crippen LogP) is 2.58. The van der Waals surface area contributed by atoms with Crippen molar-refractivity contribution in [3.05, 3.63) is 75.0 Å². The van der Waals surface area contributed by atoms with Crippen molar-refractivity contribution in [2.24, 2.45) is 0 Å². The summed E-state index contributed by atoms with van der Waals surface area (Å²) in [6.07, 6.45) is 6.65. The minimum atomic E-state index is -0.322. The molecule has 0 saturated carbocycles. The van der Waals surface area contributed by atoms with Crippen molar-refractivity contribution < 1.29 is 9.32 Å². The smallest absolute Gasteiger partial charge is 0.264 e. The third-order valence-corrected chi connectivity index (χ3v) is 5.24. The Bertz CT molecular complexity index is 1100. The van der Waals surface area contributed by atoms with Gasteiger partial charge in [0.1, 0.15) is 5.56 Å². The van der Waals surface area contributed by atoms with Crippen LogP contribution in [0.15, 0.2) is 40.0 Å². The van der Waals surface area contributed by atoms with Gasteiger partial charge in [-0.05, 0) is 45.2 Å². The quantitative estimate of drug-likeness (QED) is 0.676. The number of hydrogen-bond acceptors (Lipinski definition) is 6. The minimum Gasteiger partial charge on any atom is -0.359 e. The maximum atomic E-state index is 13.4. The highest BCUT2D eigenvalue weighted by atomic mass is 16.5. The Labute approximate surface area is 168 Å². The van der Waals surface area contributed by atoms with Gasteiger partial charge in [0.25, 0.3) is 11.5 Å². The number of likely N-dealkylation sites (tertiary alicyclic amines) is 1. The van der Waals surface area contributed by atoms with E-state index >= 15 is 0 Å². The first kappa shape index (κ1) is 19.0. The number of carbonyl (C=O) groups is 1. The van der Waals surface area contributed by atoms with Crippen LogP contribution in [0.2, 0.25) is 0 Å². The highest BCUT2D eigenvalue weighted by Gasteiger charge is 2.35. The molecule has 29 heavy (non-hydrogen) atoms. The van der Waals surface area contributed by atoms with Crippen molar-refractivity contribution in [1.82, 2.24) is 24.6 Å². The summed E-state index contributed by atoms with van der Waals surface area (Å²) in [5.41, 5.74) is 2.77. The lowest BCUT2D eigenvalue weighted by Crippen LogP contribution is -2.37. The van der Waals surface area contributed by atoms with E-state index in [1.54, 1.807) is 36.5 Å². The standard InChI is InChI=1S/C21H23N5O3/c1-13-6-8-25(12-16-11-22-15(3)10-23-16)20(27)19(13)21(28)26-7-4-5-17(26)18-9-14(2)24-29-18/h6,8-11,17H,4-5,7,12H2,1-3H3. The van der Waals surface area contributed by atoms with Gasteiger partial charge in [-0.2, -0.15) is 0 Å². The lowest BCUT2D eigenvalue weighted by molar-refractivity contribution is 0.0711. The van der Waals surface area contributed by atoms with E-state index < -0.39 is 0 Å². The average molecular weight is 393 g/mol. The molecule has 3 aromatic heterocycles. The van der Waals surface area contributed by atoms with E-state index in [9.17, 15) is 9.59 Å². The molecule has 8 nitrogen and oxygen atoms in total. The summed E-state index contributed by atoms with van der Waals surface area (Å²) >= 11 is 0. The second kappa shape index (κ2) is 7.62. The first-order chi connectivity index (χ1) is 13.9. The molecule has 0 aromatic carbocycles. The van der Waals surface area contributed by atoms with Crippen LogP contribution in [0.4, 0.5) is 0 Å². The lowest BCUT2D eigenvalue weighted by atomic mass is 10.1. The van der Waals surface area contributed by atoms with E-state index in [-0.39, 0.29) is 29.6 Å². The zero-order chi connectivity index (χ0) is 20.5. The zero-order valence-electron chi connectivity index (χ0n) is 16.8. The topological polar surface area (TPSA) is 94.1 Å². The van der Waals surface area contributed by atoms with Crippen LogP contribution in [0.3, 0.4) is 0 Å². The molecule has 0 N–H and O–H groups in total. The third-order valence-electron chi connectivity index (χ3n) is 5.24. The molecule has 4 rings (SSSR count). The van der Waals surface area contributed by atoms with Crippen LogP contribution in [0.1, 0.15) is 57.6 Å². The molecule has 3 aromatic rings. The number of pyridine rings is 1. The summed E-state index contributed by atoms with van der Waals surface area (Å²) in [4.78, 5) is 36.7. The number of aryl methyl sites for hydroxylation is 3. The van der Waals surface area contributed by atoms with Gasteiger partial charge in [-0.3, -0.25) is 19.6 Å². The summed E-state index contributed by atoms with van der Waals surface area (Å²) < 4.78 is 6.90. The zero-order valence-corrected chi connectivity index (χ0v) is 16.8. The molecule has 0 bridgehead atoms. The highest BCUT2D eigenvalue weighted by molar-refractivity contribution is 5.95. The number of rotatable bonds is 4. The van der Waals surface area contributed by atoms with Gasteiger partial charge in [0.2, 0.25) is 0 Å². The molecule has 1 unspecified atom stereocenters. The molecule has 1 atom stereocenters. The fraction of sp³-hybridized carbons (Fsp3) is 0.381. The Balaban J connectivity index is 1.66. The largest absolute Gasteiger partial charge is 0.359 e. The van der Waals surface area contributed by atoms with Crippen molar-refractivity contribution in [2.45, 2.75) is 46.2 Å². The fourth-order valence-corrected chi connectivity index (χ4v) is 3.71. The Hall–Kier alpha value is -3.29. The summed E-state index contributed by atoms with van der Waals surface area (Å²) in [5.74, 6) is 0.394. The summed E-state index contributed by atoms with van der Waals surface area (Å²) in [6.45, 7) is 6.34. The van der Waals surface area contributed by atoms with E-state index in [4.69, 9.17) is 4.52 Å². The van der Waals surface area contributed by atoms with Gasteiger partial charge in [-0.25, -0.2) is 0 Å². The summed E-state index contributed by atoms with van der Waals surface area (Å²) in [5, 5.41) is 3.94. The number of carbonyl (C=O) groups excluding carboxylic acids is 1. The van der Waals surface area contributed by atoms with E-state index in [2.05, 4.69) is 15.1 Å². The molecular weight excluding hydrogens is 370 g/mol. The molecule has 1 amide bonds. The van der Waals surface area contributed by atoms with Gasteiger partial charge < -0.3 is 14.0 Å². The first-order valence-corrected chi connectivity index (χ1v) is 9.66. The average Bonchev–Trinajstić information content (AvgIpc) is 3.34. The number of nitrogens with zero attached hydrogens (tertiary/aromatic N) is 5. The van der Waals surface area contributed by atoms with E-state index in [1.165, 1.54) is 4.57 Å². The van der Waals surface area contributed by atoms with Crippen molar-refractivity contribution in [1.29, 1.82) is 0 Å². The molecule has 4 heterocycles. The third kappa shape index (κ3) is 3.70. The van der Waals surface area contributed by atoms with Crippen molar-refractivity contribution in [3.8, 4) is 0 Å². The van der Waals surface area contributed by atoms with Gasteiger partial charge in [-0.15, -0.1) is 0 Å². The second-order valence-electron chi connectivity index (χ2n) is 7.48. The molecule has 150 valence electrons.